The quantitative estimate of drug-likeness (QED) is 0.674. The van der Waals surface area contributed by atoms with E-state index in [2.05, 4.69) is 0 Å². The first kappa shape index (κ1) is 12.5. The van der Waals surface area contributed by atoms with Gasteiger partial charge in [0, 0.05) is 20.1 Å². The van der Waals surface area contributed by atoms with Crippen molar-refractivity contribution in [3.63, 3.8) is 0 Å². The molecule has 4 nitrogen and oxygen atoms in total. The molecule has 0 heterocycles. The summed E-state index contributed by atoms with van der Waals surface area (Å²) in [5.41, 5.74) is 4.94. The standard InChI is InChI=1S/C11H21NO3/c1-10(2,14-3)6-7-15-9(13)11(8-12)4-5-11/h4-8,12H2,1-3H3. The molecule has 1 aliphatic rings. The molecule has 1 saturated carbocycles. The smallest absolute Gasteiger partial charge is 0.313 e. The number of hydrogen-bond acceptors (Lipinski definition) is 4. The Morgan fingerprint density at radius 2 is 2.07 bits per heavy atom. The number of carbonyl (C=O) groups is 1. The van der Waals surface area contributed by atoms with Gasteiger partial charge in [-0.1, -0.05) is 0 Å². The summed E-state index contributed by atoms with van der Waals surface area (Å²) in [5, 5.41) is 0. The van der Waals surface area contributed by atoms with Crippen LogP contribution in [0.2, 0.25) is 0 Å². The van der Waals surface area contributed by atoms with E-state index in [0.29, 0.717) is 19.6 Å². The highest BCUT2D eigenvalue weighted by atomic mass is 16.5. The molecule has 0 aliphatic heterocycles. The Labute approximate surface area is 91.1 Å². The van der Waals surface area contributed by atoms with E-state index in [1.54, 1.807) is 7.11 Å². The van der Waals surface area contributed by atoms with Crippen LogP contribution in [0.15, 0.2) is 0 Å². The Bertz CT molecular complexity index is 234. The lowest BCUT2D eigenvalue weighted by molar-refractivity contribution is -0.151. The van der Waals surface area contributed by atoms with Crippen molar-refractivity contribution >= 4 is 5.97 Å². The maximum atomic E-state index is 11.6. The number of ether oxygens (including phenoxy) is 2. The second kappa shape index (κ2) is 4.49. The Hall–Kier alpha value is -0.610. The van der Waals surface area contributed by atoms with E-state index in [-0.39, 0.29) is 17.0 Å². The van der Waals surface area contributed by atoms with Gasteiger partial charge in [0.1, 0.15) is 0 Å². The Kier molecular flexibility index (Phi) is 3.73. The molecule has 0 bridgehead atoms. The van der Waals surface area contributed by atoms with Crippen molar-refractivity contribution < 1.29 is 14.3 Å². The minimum Gasteiger partial charge on any atom is -0.465 e. The molecule has 15 heavy (non-hydrogen) atoms. The van der Waals surface area contributed by atoms with Crippen LogP contribution in [0.5, 0.6) is 0 Å². The summed E-state index contributed by atoms with van der Waals surface area (Å²) in [6, 6.07) is 0. The van der Waals surface area contributed by atoms with Crippen LogP contribution in [0, 0.1) is 5.41 Å². The zero-order valence-electron chi connectivity index (χ0n) is 9.84. The second-order valence-corrected chi connectivity index (χ2v) is 4.83. The summed E-state index contributed by atoms with van der Waals surface area (Å²) in [6.45, 7) is 4.74. The van der Waals surface area contributed by atoms with Gasteiger partial charge in [-0.3, -0.25) is 4.79 Å². The summed E-state index contributed by atoms with van der Waals surface area (Å²) in [7, 11) is 1.66. The molecule has 2 N–H and O–H groups in total. The zero-order valence-corrected chi connectivity index (χ0v) is 9.84. The summed E-state index contributed by atoms with van der Waals surface area (Å²) in [5.74, 6) is -0.142. The Morgan fingerprint density at radius 3 is 2.47 bits per heavy atom. The molecule has 0 saturated heterocycles. The van der Waals surface area contributed by atoms with Crippen molar-refractivity contribution in [3.8, 4) is 0 Å². The molecule has 1 aliphatic carbocycles. The maximum absolute atomic E-state index is 11.6. The van der Waals surface area contributed by atoms with E-state index in [0.717, 1.165) is 12.8 Å². The molecule has 0 unspecified atom stereocenters. The fourth-order valence-electron chi connectivity index (χ4n) is 1.29. The van der Waals surface area contributed by atoms with Gasteiger partial charge in [-0.15, -0.1) is 0 Å². The molecule has 0 amide bonds. The third-order valence-electron chi connectivity index (χ3n) is 3.17. The highest BCUT2D eigenvalue weighted by Crippen LogP contribution is 2.45. The fraction of sp³-hybridized carbons (Fsp3) is 0.909. The normalized spacial score (nSPS) is 18.7. The van der Waals surface area contributed by atoms with Gasteiger partial charge < -0.3 is 15.2 Å². The van der Waals surface area contributed by atoms with E-state index < -0.39 is 0 Å². The molecule has 88 valence electrons. The molecule has 1 rings (SSSR count). The third kappa shape index (κ3) is 3.18. The lowest BCUT2D eigenvalue weighted by atomic mass is 10.1. The second-order valence-electron chi connectivity index (χ2n) is 4.83. The lowest BCUT2D eigenvalue weighted by Gasteiger charge is -2.23. The van der Waals surface area contributed by atoms with Crippen molar-refractivity contribution in [2.75, 3.05) is 20.3 Å². The van der Waals surface area contributed by atoms with Gasteiger partial charge in [0.2, 0.25) is 0 Å². The van der Waals surface area contributed by atoms with E-state index in [1.165, 1.54) is 0 Å². The average molecular weight is 215 g/mol. The van der Waals surface area contributed by atoms with Gasteiger partial charge in [-0.05, 0) is 26.7 Å². The van der Waals surface area contributed by atoms with E-state index in [4.69, 9.17) is 15.2 Å². The molecular formula is C11H21NO3. The van der Waals surface area contributed by atoms with E-state index >= 15 is 0 Å². The van der Waals surface area contributed by atoms with Crippen molar-refractivity contribution in [3.05, 3.63) is 0 Å². The summed E-state index contributed by atoms with van der Waals surface area (Å²) in [4.78, 5) is 11.6. The van der Waals surface area contributed by atoms with Crippen LogP contribution in [0.1, 0.15) is 33.1 Å². The van der Waals surface area contributed by atoms with Crippen LogP contribution in [0.3, 0.4) is 0 Å². The van der Waals surface area contributed by atoms with Gasteiger partial charge in [-0.2, -0.15) is 0 Å². The minimum absolute atomic E-state index is 0.142. The minimum atomic E-state index is -0.350. The number of esters is 1. The molecule has 1 fully saturated rings. The molecule has 0 aromatic heterocycles. The van der Waals surface area contributed by atoms with Crippen LogP contribution >= 0.6 is 0 Å². The first-order valence-electron chi connectivity index (χ1n) is 5.38. The van der Waals surface area contributed by atoms with Crippen LogP contribution in [0.25, 0.3) is 0 Å². The van der Waals surface area contributed by atoms with Gasteiger partial charge in [0.05, 0.1) is 17.6 Å². The number of carbonyl (C=O) groups excluding carboxylic acids is 1. The average Bonchev–Trinajstić information content (AvgIpc) is 2.98. The van der Waals surface area contributed by atoms with E-state index in [1.807, 2.05) is 13.8 Å². The maximum Gasteiger partial charge on any atom is 0.313 e. The number of rotatable bonds is 6. The van der Waals surface area contributed by atoms with Crippen molar-refractivity contribution in [1.82, 2.24) is 0 Å². The van der Waals surface area contributed by atoms with Gasteiger partial charge in [0.25, 0.3) is 0 Å². The number of nitrogens with two attached hydrogens (primary N) is 1. The molecule has 4 heteroatoms. The predicted molar refractivity (Wildman–Crippen MR) is 57.4 cm³/mol. The van der Waals surface area contributed by atoms with Crippen molar-refractivity contribution in [2.45, 2.75) is 38.7 Å². The third-order valence-corrected chi connectivity index (χ3v) is 3.17. The SMILES string of the molecule is COC(C)(C)CCOC(=O)C1(CN)CC1. The monoisotopic (exact) mass is 215 g/mol. The fourth-order valence-corrected chi connectivity index (χ4v) is 1.29. The van der Waals surface area contributed by atoms with E-state index in [9.17, 15) is 4.79 Å². The Morgan fingerprint density at radius 1 is 1.47 bits per heavy atom. The summed E-state index contributed by atoms with van der Waals surface area (Å²) in [6.07, 6.45) is 2.45. The van der Waals surface area contributed by atoms with Crippen LogP contribution in [0.4, 0.5) is 0 Å². The first-order chi connectivity index (χ1) is 6.96. The van der Waals surface area contributed by atoms with Gasteiger partial charge in [0.15, 0.2) is 0 Å². The zero-order chi connectivity index (χ0) is 11.5. The molecule has 0 atom stereocenters. The topological polar surface area (TPSA) is 61.5 Å². The van der Waals surface area contributed by atoms with Gasteiger partial charge in [-0.25, -0.2) is 0 Å². The van der Waals surface area contributed by atoms with Crippen molar-refractivity contribution in [2.24, 2.45) is 11.1 Å². The highest BCUT2D eigenvalue weighted by Gasteiger charge is 2.50. The molecule has 0 spiro atoms. The largest absolute Gasteiger partial charge is 0.465 e. The number of hydrogen-bond donors (Lipinski definition) is 1. The van der Waals surface area contributed by atoms with Crippen LogP contribution in [-0.4, -0.2) is 31.8 Å². The molecule has 0 aromatic carbocycles. The van der Waals surface area contributed by atoms with Crippen LogP contribution in [-0.2, 0) is 14.3 Å². The highest BCUT2D eigenvalue weighted by molar-refractivity contribution is 5.80. The molecular weight excluding hydrogens is 194 g/mol. The van der Waals surface area contributed by atoms with Crippen LogP contribution < -0.4 is 5.73 Å². The first-order valence-corrected chi connectivity index (χ1v) is 5.38. The predicted octanol–water partition coefficient (Wildman–Crippen LogP) is 1.08. The lowest BCUT2D eigenvalue weighted by Crippen LogP contribution is -2.30. The summed E-state index contributed by atoms with van der Waals surface area (Å²) >= 11 is 0. The molecule has 0 radical (unpaired) electrons. The molecule has 0 aromatic rings. The summed E-state index contributed by atoms with van der Waals surface area (Å²) < 4.78 is 10.4. The van der Waals surface area contributed by atoms with Crippen molar-refractivity contribution in [1.29, 1.82) is 0 Å². The Balaban J connectivity index is 2.24. The number of methoxy groups -OCH3 is 1. The van der Waals surface area contributed by atoms with Gasteiger partial charge >= 0.3 is 5.97 Å².